The number of alkyl halides is 4. The van der Waals surface area contributed by atoms with E-state index in [0.717, 1.165) is 0 Å². The lowest BCUT2D eigenvalue weighted by atomic mass is 10.1. The Balaban J connectivity index is 2.93. The highest BCUT2D eigenvalue weighted by molar-refractivity contribution is 9.10. The van der Waals surface area contributed by atoms with Crippen LogP contribution in [0, 0.1) is 0 Å². The Morgan fingerprint density at radius 1 is 1.31 bits per heavy atom. The highest BCUT2D eigenvalue weighted by Gasteiger charge is 2.30. The Kier molecular flexibility index (Phi) is 5.47. The van der Waals surface area contributed by atoms with Gasteiger partial charge in [-0.1, -0.05) is 22.0 Å². The van der Waals surface area contributed by atoms with Gasteiger partial charge in [-0.15, -0.1) is 11.6 Å². The normalized spacial score (nSPS) is 11.8. The van der Waals surface area contributed by atoms with Crippen molar-refractivity contribution in [3.8, 4) is 0 Å². The van der Waals surface area contributed by atoms with E-state index >= 15 is 0 Å². The summed E-state index contributed by atoms with van der Waals surface area (Å²) < 4.78 is 37.6. The molecular weight excluding hydrogens is 325 g/mol. The van der Waals surface area contributed by atoms with E-state index in [9.17, 15) is 13.2 Å². The minimum absolute atomic E-state index is 0.0811. The molecule has 1 aromatic carbocycles. The van der Waals surface area contributed by atoms with E-state index in [1.54, 1.807) is 12.1 Å². The van der Waals surface area contributed by atoms with Gasteiger partial charge in [-0.05, 0) is 42.3 Å². The van der Waals surface area contributed by atoms with Gasteiger partial charge in [-0.2, -0.15) is 13.2 Å². The van der Waals surface area contributed by atoms with Crippen LogP contribution in [0.1, 0.15) is 12.0 Å². The van der Waals surface area contributed by atoms with Gasteiger partial charge in [0.15, 0.2) is 0 Å². The second-order valence-corrected chi connectivity index (χ2v) is 5.40. The van der Waals surface area contributed by atoms with E-state index in [2.05, 4.69) is 15.9 Å². The zero-order valence-corrected chi connectivity index (χ0v) is 11.3. The molecule has 0 bridgehead atoms. The molecule has 0 aliphatic rings. The summed E-state index contributed by atoms with van der Waals surface area (Å²) in [7, 11) is 0. The molecule has 0 aliphatic heterocycles. The third-order valence-electron chi connectivity index (χ3n) is 1.86. The minimum atomic E-state index is -4.25. The molecule has 0 saturated heterocycles. The highest BCUT2D eigenvalue weighted by Crippen LogP contribution is 2.40. The fourth-order valence-electron chi connectivity index (χ4n) is 1.25. The largest absolute Gasteiger partial charge is 0.446 e. The van der Waals surface area contributed by atoms with Crippen molar-refractivity contribution >= 4 is 39.3 Å². The molecule has 0 radical (unpaired) electrons. The smallest absolute Gasteiger partial charge is 0.160 e. The quantitative estimate of drug-likeness (QED) is 0.537. The van der Waals surface area contributed by atoms with Gasteiger partial charge in [0.25, 0.3) is 0 Å². The number of halogens is 5. The number of thioether (sulfide) groups is 1. The van der Waals surface area contributed by atoms with E-state index in [-0.39, 0.29) is 16.7 Å². The van der Waals surface area contributed by atoms with Crippen LogP contribution in [-0.2, 0) is 6.42 Å². The Labute approximate surface area is 110 Å². The molecule has 0 amide bonds. The predicted molar refractivity (Wildman–Crippen MR) is 65.1 cm³/mol. The zero-order valence-electron chi connectivity index (χ0n) is 8.15. The third-order valence-corrected chi connectivity index (χ3v) is 3.71. The topological polar surface area (TPSA) is 0 Å². The van der Waals surface area contributed by atoms with Crippen LogP contribution >= 0.6 is 39.3 Å². The van der Waals surface area contributed by atoms with Crippen molar-refractivity contribution in [1.82, 2.24) is 0 Å². The Morgan fingerprint density at radius 2 is 2.00 bits per heavy atom. The number of hydrogen-bond acceptors (Lipinski definition) is 1. The predicted octanol–water partition coefficient (Wildman–Crippen LogP) is 5.23. The van der Waals surface area contributed by atoms with Crippen molar-refractivity contribution in [2.75, 3.05) is 5.88 Å². The molecule has 0 aliphatic carbocycles. The molecule has 0 atom stereocenters. The molecule has 6 heteroatoms. The summed E-state index contributed by atoms with van der Waals surface area (Å²) in [5.74, 6) is 0.442. The fraction of sp³-hybridized carbons (Fsp3) is 0.400. The van der Waals surface area contributed by atoms with Gasteiger partial charge in [0.2, 0.25) is 0 Å². The molecule has 0 fully saturated rings. The van der Waals surface area contributed by atoms with Crippen molar-refractivity contribution in [1.29, 1.82) is 0 Å². The Morgan fingerprint density at radius 3 is 2.56 bits per heavy atom. The van der Waals surface area contributed by atoms with Gasteiger partial charge < -0.3 is 0 Å². The molecule has 0 spiro atoms. The third kappa shape index (κ3) is 4.55. The molecule has 0 heterocycles. The Bertz CT molecular complexity index is 354. The van der Waals surface area contributed by atoms with Gasteiger partial charge in [0, 0.05) is 15.2 Å². The van der Waals surface area contributed by atoms with Gasteiger partial charge >= 0.3 is 5.51 Å². The van der Waals surface area contributed by atoms with Crippen LogP contribution in [0.25, 0.3) is 0 Å². The number of hydrogen-bond donors (Lipinski definition) is 0. The highest BCUT2D eigenvalue weighted by atomic mass is 79.9. The van der Waals surface area contributed by atoms with Crippen molar-refractivity contribution in [3.05, 3.63) is 28.2 Å². The molecule has 0 aromatic heterocycles. The van der Waals surface area contributed by atoms with Crippen LogP contribution in [0.4, 0.5) is 13.2 Å². The summed E-state index contributed by atoms with van der Waals surface area (Å²) in [6.45, 7) is 0. The monoisotopic (exact) mass is 332 g/mol. The molecule has 90 valence electrons. The van der Waals surface area contributed by atoms with Crippen molar-refractivity contribution in [3.63, 3.8) is 0 Å². The summed E-state index contributed by atoms with van der Waals surface area (Å²) in [5, 5.41) is 0. The zero-order chi connectivity index (χ0) is 12.2. The first-order chi connectivity index (χ1) is 7.44. The first-order valence-corrected chi connectivity index (χ1v) is 6.67. The molecule has 0 saturated carbocycles. The maximum Gasteiger partial charge on any atom is 0.446 e. The van der Waals surface area contributed by atoms with Crippen LogP contribution in [0.3, 0.4) is 0 Å². The molecule has 1 aromatic rings. The summed E-state index contributed by atoms with van der Waals surface area (Å²) >= 11 is 8.72. The minimum Gasteiger partial charge on any atom is -0.160 e. The van der Waals surface area contributed by atoms with Crippen LogP contribution in [-0.4, -0.2) is 11.4 Å². The molecule has 0 N–H and O–H groups in total. The van der Waals surface area contributed by atoms with E-state index in [1.165, 1.54) is 6.07 Å². The lowest BCUT2D eigenvalue weighted by Crippen LogP contribution is -2.02. The van der Waals surface area contributed by atoms with Crippen molar-refractivity contribution in [2.24, 2.45) is 0 Å². The molecule has 16 heavy (non-hydrogen) atoms. The van der Waals surface area contributed by atoms with Gasteiger partial charge in [-0.3, -0.25) is 0 Å². The molecule has 0 nitrogen and oxygen atoms in total. The second-order valence-electron chi connectivity index (χ2n) is 3.06. The standard InChI is InChI=1S/C10H9BrClF3S/c11-8-4-1-5-9(16-10(13,14)15)7(8)3-2-6-12/h1,4-5H,2-3,6H2. The van der Waals surface area contributed by atoms with Crippen molar-refractivity contribution < 1.29 is 13.2 Å². The number of rotatable bonds is 4. The lowest BCUT2D eigenvalue weighted by molar-refractivity contribution is -0.0328. The van der Waals surface area contributed by atoms with Crippen LogP contribution in [0.2, 0.25) is 0 Å². The first-order valence-electron chi connectivity index (χ1n) is 4.53. The van der Waals surface area contributed by atoms with E-state index in [0.29, 0.717) is 28.8 Å². The van der Waals surface area contributed by atoms with E-state index in [4.69, 9.17) is 11.6 Å². The number of benzene rings is 1. The summed E-state index contributed by atoms with van der Waals surface area (Å²) in [6.07, 6.45) is 1.21. The summed E-state index contributed by atoms with van der Waals surface area (Å²) in [5.41, 5.74) is -3.58. The van der Waals surface area contributed by atoms with Gasteiger partial charge in [0.1, 0.15) is 0 Å². The molecule has 1 rings (SSSR count). The lowest BCUT2D eigenvalue weighted by Gasteiger charge is -2.12. The maximum absolute atomic E-state index is 12.3. The summed E-state index contributed by atoms with van der Waals surface area (Å²) in [6, 6.07) is 4.82. The Hall–Kier alpha value is 0.130. The first kappa shape index (κ1) is 14.2. The second kappa shape index (κ2) is 6.17. The van der Waals surface area contributed by atoms with Crippen molar-refractivity contribution in [2.45, 2.75) is 23.2 Å². The average molecular weight is 334 g/mol. The SMILES string of the molecule is FC(F)(F)Sc1cccc(Br)c1CCCCl. The van der Waals surface area contributed by atoms with Crippen LogP contribution in [0.15, 0.2) is 27.6 Å². The summed E-state index contributed by atoms with van der Waals surface area (Å²) in [4.78, 5) is 0.243. The van der Waals surface area contributed by atoms with E-state index in [1.807, 2.05) is 0 Å². The maximum atomic E-state index is 12.3. The van der Waals surface area contributed by atoms with Crippen LogP contribution < -0.4 is 0 Å². The average Bonchev–Trinajstić information content (AvgIpc) is 2.14. The van der Waals surface area contributed by atoms with Crippen LogP contribution in [0.5, 0.6) is 0 Å². The van der Waals surface area contributed by atoms with Gasteiger partial charge in [-0.25, -0.2) is 0 Å². The fourth-order valence-corrected chi connectivity index (χ4v) is 2.81. The molecular formula is C10H9BrClF3S. The van der Waals surface area contributed by atoms with Gasteiger partial charge in [0.05, 0.1) is 0 Å². The van der Waals surface area contributed by atoms with E-state index < -0.39 is 5.51 Å². The molecule has 0 unspecified atom stereocenters.